The van der Waals surface area contributed by atoms with Gasteiger partial charge < -0.3 is 19.8 Å². The van der Waals surface area contributed by atoms with E-state index in [2.05, 4.69) is 84.6 Å². The van der Waals surface area contributed by atoms with Crippen molar-refractivity contribution in [2.45, 2.75) is 72.6 Å². The topological polar surface area (TPSA) is 52.9 Å². The van der Waals surface area contributed by atoms with Gasteiger partial charge in [-0.1, -0.05) is 71.9 Å². The minimum Gasteiger partial charge on any atom is -0.507 e. The van der Waals surface area contributed by atoms with Crippen LogP contribution in [0, 0.1) is 13.8 Å². The number of para-hydroxylation sites is 1. The first-order valence-corrected chi connectivity index (χ1v) is 12.8. The molecule has 0 bridgehead atoms. The van der Waals surface area contributed by atoms with Gasteiger partial charge in [0.2, 0.25) is 0 Å². The van der Waals surface area contributed by atoms with Gasteiger partial charge in [-0.15, -0.1) is 0 Å². The van der Waals surface area contributed by atoms with Gasteiger partial charge in [0.1, 0.15) is 11.5 Å². The third kappa shape index (κ3) is 5.87. The maximum absolute atomic E-state index is 11.5. The fourth-order valence-electron chi connectivity index (χ4n) is 4.77. The molecule has 0 radical (unpaired) electrons. The van der Waals surface area contributed by atoms with Gasteiger partial charge in [0.15, 0.2) is 0 Å². The van der Waals surface area contributed by atoms with Crippen LogP contribution in [0.4, 0.5) is 11.4 Å². The van der Waals surface area contributed by atoms with Crippen molar-refractivity contribution in [3.05, 3.63) is 70.8 Å². The predicted molar refractivity (Wildman–Crippen MR) is 152 cm³/mol. The standard InChI is InChI=1S/C32H43NO3/c1-21-17-24(29(34)25(18-21)31(3,4)5)23-13-10-11-14-27(23)33(15-12-16-36-9)28-20-22(2)19-26(30(28)35)32(6,7)8/h10-11,13-14,17-20,34-35H,12,15-16H2,1-9H3. The molecular formula is C32H43NO3. The molecule has 3 aromatic rings. The Morgan fingerprint density at radius 1 is 0.722 bits per heavy atom. The number of rotatable bonds is 7. The van der Waals surface area contributed by atoms with E-state index in [4.69, 9.17) is 4.74 Å². The zero-order chi connectivity index (χ0) is 26.8. The van der Waals surface area contributed by atoms with Crippen LogP contribution in [-0.2, 0) is 15.6 Å². The van der Waals surface area contributed by atoms with Crippen LogP contribution in [0.2, 0.25) is 0 Å². The molecule has 0 heterocycles. The predicted octanol–water partition coefficient (Wildman–Crippen LogP) is 8.15. The molecule has 0 aliphatic carbocycles. The second-order valence-corrected chi connectivity index (χ2v) is 11.9. The molecule has 0 saturated carbocycles. The van der Waals surface area contributed by atoms with Crippen LogP contribution < -0.4 is 4.90 Å². The summed E-state index contributed by atoms with van der Waals surface area (Å²) >= 11 is 0. The molecule has 0 fully saturated rings. The second kappa shape index (κ2) is 10.6. The Labute approximate surface area is 217 Å². The number of aryl methyl sites for hydroxylation is 2. The molecule has 3 aromatic carbocycles. The molecule has 36 heavy (non-hydrogen) atoms. The van der Waals surface area contributed by atoms with E-state index in [9.17, 15) is 10.2 Å². The number of nitrogens with zero attached hydrogens (tertiary/aromatic N) is 1. The smallest absolute Gasteiger partial charge is 0.142 e. The Morgan fingerprint density at radius 3 is 1.86 bits per heavy atom. The average Bonchev–Trinajstić information content (AvgIpc) is 2.78. The van der Waals surface area contributed by atoms with Gasteiger partial charge in [-0.2, -0.15) is 0 Å². The van der Waals surface area contributed by atoms with E-state index < -0.39 is 0 Å². The molecule has 0 spiro atoms. The molecule has 0 amide bonds. The van der Waals surface area contributed by atoms with Crippen LogP contribution in [-0.4, -0.2) is 30.5 Å². The molecule has 0 saturated heterocycles. The zero-order valence-electron chi connectivity index (χ0n) is 23.5. The van der Waals surface area contributed by atoms with Gasteiger partial charge in [0, 0.05) is 48.2 Å². The van der Waals surface area contributed by atoms with Crippen molar-refractivity contribution >= 4 is 11.4 Å². The van der Waals surface area contributed by atoms with Crippen molar-refractivity contribution in [3.8, 4) is 22.6 Å². The summed E-state index contributed by atoms with van der Waals surface area (Å²) in [5.74, 6) is 0.602. The summed E-state index contributed by atoms with van der Waals surface area (Å²) in [4.78, 5) is 2.17. The summed E-state index contributed by atoms with van der Waals surface area (Å²) < 4.78 is 5.37. The molecule has 2 N–H and O–H groups in total. The maximum Gasteiger partial charge on any atom is 0.142 e. The Bertz CT molecular complexity index is 1220. The Morgan fingerprint density at radius 2 is 1.28 bits per heavy atom. The monoisotopic (exact) mass is 489 g/mol. The summed E-state index contributed by atoms with van der Waals surface area (Å²) in [7, 11) is 1.71. The van der Waals surface area contributed by atoms with E-state index in [-0.39, 0.29) is 10.8 Å². The summed E-state index contributed by atoms with van der Waals surface area (Å²) in [6.45, 7) is 18.1. The van der Waals surface area contributed by atoms with Crippen LogP contribution in [0.1, 0.15) is 70.2 Å². The number of hydrogen-bond acceptors (Lipinski definition) is 4. The minimum absolute atomic E-state index is 0.200. The first-order chi connectivity index (χ1) is 16.8. The quantitative estimate of drug-likeness (QED) is 0.329. The van der Waals surface area contributed by atoms with Gasteiger partial charge in [0.25, 0.3) is 0 Å². The number of hydrogen-bond donors (Lipinski definition) is 2. The first-order valence-electron chi connectivity index (χ1n) is 12.8. The van der Waals surface area contributed by atoms with Crippen molar-refractivity contribution in [1.82, 2.24) is 0 Å². The van der Waals surface area contributed by atoms with Crippen LogP contribution in [0.3, 0.4) is 0 Å². The molecular weight excluding hydrogens is 446 g/mol. The third-order valence-corrected chi connectivity index (χ3v) is 6.61. The van der Waals surface area contributed by atoms with E-state index >= 15 is 0 Å². The summed E-state index contributed by atoms with van der Waals surface area (Å²) in [5.41, 5.74) is 7.06. The van der Waals surface area contributed by atoms with E-state index in [0.717, 1.165) is 51.2 Å². The molecule has 3 rings (SSSR count). The normalized spacial score (nSPS) is 12.1. The molecule has 4 nitrogen and oxygen atoms in total. The van der Waals surface area contributed by atoms with Crippen LogP contribution in [0.5, 0.6) is 11.5 Å². The van der Waals surface area contributed by atoms with Gasteiger partial charge in [0.05, 0.1) is 5.69 Å². The van der Waals surface area contributed by atoms with E-state index in [1.165, 1.54) is 0 Å². The minimum atomic E-state index is -0.209. The molecule has 0 aliphatic heterocycles. The summed E-state index contributed by atoms with van der Waals surface area (Å²) in [6.07, 6.45) is 0.788. The highest BCUT2D eigenvalue weighted by Gasteiger charge is 2.27. The van der Waals surface area contributed by atoms with E-state index in [1.807, 2.05) is 24.3 Å². The van der Waals surface area contributed by atoms with Gasteiger partial charge >= 0.3 is 0 Å². The van der Waals surface area contributed by atoms with Crippen molar-refractivity contribution in [2.24, 2.45) is 0 Å². The fraction of sp³-hybridized carbons (Fsp3) is 0.438. The SMILES string of the molecule is COCCCN(c1ccccc1-c1cc(C)cc(C(C)(C)C)c1O)c1cc(C)cc(C(C)(C)C)c1O. The second-order valence-electron chi connectivity index (χ2n) is 11.9. The van der Waals surface area contributed by atoms with Crippen molar-refractivity contribution < 1.29 is 14.9 Å². The van der Waals surface area contributed by atoms with Gasteiger partial charge in [-0.25, -0.2) is 0 Å². The van der Waals surface area contributed by atoms with Crippen molar-refractivity contribution in [1.29, 1.82) is 0 Å². The van der Waals surface area contributed by atoms with Crippen molar-refractivity contribution in [2.75, 3.05) is 25.2 Å². The molecule has 0 atom stereocenters. The number of ether oxygens (including phenoxy) is 1. The lowest BCUT2D eigenvalue weighted by Gasteiger charge is -2.32. The van der Waals surface area contributed by atoms with E-state index in [0.29, 0.717) is 24.7 Å². The Hall–Kier alpha value is -2.98. The highest BCUT2D eigenvalue weighted by molar-refractivity contribution is 5.87. The van der Waals surface area contributed by atoms with Crippen LogP contribution in [0.25, 0.3) is 11.1 Å². The summed E-state index contributed by atoms with van der Waals surface area (Å²) in [5, 5.41) is 23.0. The Balaban J connectivity index is 2.30. The fourth-order valence-corrected chi connectivity index (χ4v) is 4.77. The lowest BCUT2D eigenvalue weighted by Crippen LogP contribution is -2.22. The number of aromatic hydroxyl groups is 2. The number of phenols is 2. The molecule has 0 aliphatic rings. The first kappa shape index (κ1) is 27.6. The largest absolute Gasteiger partial charge is 0.507 e. The van der Waals surface area contributed by atoms with Gasteiger partial charge in [-0.3, -0.25) is 0 Å². The maximum atomic E-state index is 11.5. The molecule has 194 valence electrons. The van der Waals surface area contributed by atoms with E-state index in [1.54, 1.807) is 7.11 Å². The number of anilines is 2. The lowest BCUT2D eigenvalue weighted by atomic mass is 9.83. The number of methoxy groups -OCH3 is 1. The lowest BCUT2D eigenvalue weighted by molar-refractivity contribution is 0.196. The molecule has 0 unspecified atom stereocenters. The van der Waals surface area contributed by atoms with Crippen LogP contribution in [0.15, 0.2) is 48.5 Å². The third-order valence-electron chi connectivity index (χ3n) is 6.61. The van der Waals surface area contributed by atoms with Crippen molar-refractivity contribution in [3.63, 3.8) is 0 Å². The van der Waals surface area contributed by atoms with Gasteiger partial charge in [-0.05, 0) is 60.4 Å². The number of benzene rings is 3. The summed E-state index contributed by atoms with van der Waals surface area (Å²) in [6, 6.07) is 16.4. The molecule has 4 heteroatoms. The average molecular weight is 490 g/mol. The Kier molecular flexibility index (Phi) is 8.10. The van der Waals surface area contributed by atoms with Crippen LogP contribution >= 0.6 is 0 Å². The number of phenolic OH excluding ortho intramolecular Hbond substituents is 2. The highest BCUT2D eigenvalue weighted by Crippen LogP contribution is 2.47. The highest BCUT2D eigenvalue weighted by atomic mass is 16.5. The zero-order valence-corrected chi connectivity index (χ0v) is 23.5. The molecule has 0 aromatic heterocycles.